The molecule has 0 fully saturated rings. The Labute approximate surface area is 196 Å². The van der Waals surface area contributed by atoms with Gasteiger partial charge in [-0.3, -0.25) is 0 Å². The van der Waals surface area contributed by atoms with E-state index in [1.165, 1.54) is 76.0 Å². The van der Waals surface area contributed by atoms with Crippen molar-refractivity contribution in [2.45, 2.75) is 0 Å². The zero-order chi connectivity index (χ0) is 22.4. The Morgan fingerprint density at radius 1 is 0.441 bits per heavy atom. The summed E-state index contributed by atoms with van der Waals surface area (Å²) >= 11 is 0. The van der Waals surface area contributed by atoms with Crippen molar-refractivity contribution in [2.24, 2.45) is 7.05 Å². The summed E-state index contributed by atoms with van der Waals surface area (Å²) in [6.45, 7) is 0. The first-order valence-corrected chi connectivity index (χ1v) is 11.9. The van der Waals surface area contributed by atoms with Crippen LogP contribution in [0.1, 0.15) is 0 Å². The smallest absolute Gasteiger partial charge is 0.0568 e. The minimum absolute atomic E-state index is 1.27. The molecule has 34 heavy (non-hydrogen) atoms. The molecular formula is C33H21N. The molecule has 158 valence electrons. The fourth-order valence-corrected chi connectivity index (χ4v) is 6.23. The molecule has 8 aromatic rings. The normalized spacial score (nSPS) is 12.3. The number of aryl methyl sites for hydroxylation is 1. The summed E-state index contributed by atoms with van der Waals surface area (Å²) in [5, 5.41) is 13.2. The predicted octanol–water partition coefficient (Wildman–Crippen LogP) is 9.05. The highest BCUT2D eigenvalue weighted by Gasteiger charge is 2.17. The van der Waals surface area contributed by atoms with Crippen LogP contribution in [0, 0.1) is 0 Å². The third-order valence-corrected chi connectivity index (χ3v) is 7.73. The van der Waals surface area contributed by atoms with Gasteiger partial charge in [0.2, 0.25) is 0 Å². The number of fused-ring (bicyclic) bond motifs is 5. The van der Waals surface area contributed by atoms with Crippen LogP contribution in [0.2, 0.25) is 0 Å². The first-order valence-electron chi connectivity index (χ1n) is 11.9. The third-order valence-electron chi connectivity index (χ3n) is 7.73. The minimum atomic E-state index is 1.27. The molecule has 0 atom stereocenters. The number of hydrogen-bond acceptors (Lipinski definition) is 0. The molecule has 7 aromatic carbocycles. The number of hydrogen-bond donors (Lipinski definition) is 0. The lowest BCUT2D eigenvalue weighted by Crippen LogP contribution is -1.91. The molecule has 0 radical (unpaired) electrons. The second-order valence-corrected chi connectivity index (χ2v) is 9.41. The van der Waals surface area contributed by atoms with Crippen LogP contribution in [0.5, 0.6) is 0 Å². The van der Waals surface area contributed by atoms with E-state index in [1.807, 2.05) is 0 Å². The summed E-state index contributed by atoms with van der Waals surface area (Å²) in [5.41, 5.74) is 5.18. The molecule has 0 bridgehead atoms. The number of aromatic nitrogens is 1. The zero-order valence-corrected chi connectivity index (χ0v) is 18.8. The van der Waals surface area contributed by atoms with Gasteiger partial charge in [-0.15, -0.1) is 0 Å². The molecule has 0 aliphatic carbocycles. The number of nitrogens with zero attached hydrogens (tertiary/aromatic N) is 1. The van der Waals surface area contributed by atoms with Crippen LogP contribution in [-0.4, -0.2) is 4.57 Å². The van der Waals surface area contributed by atoms with Gasteiger partial charge < -0.3 is 4.57 Å². The third kappa shape index (κ3) is 2.19. The average molecular weight is 432 g/mol. The Balaban J connectivity index is 1.59. The van der Waals surface area contributed by atoms with E-state index in [1.54, 1.807) is 0 Å². The first kappa shape index (κ1) is 18.1. The molecule has 0 aliphatic heterocycles. The lowest BCUT2D eigenvalue weighted by atomic mass is 9.88. The SMILES string of the molecule is Cn1c2ccccc2c2cc(-c3ccc4ccc5cccc6ccc3c4c56)c3ccccc3c21. The number of para-hydroxylation sites is 1. The summed E-state index contributed by atoms with van der Waals surface area (Å²) in [5.74, 6) is 0. The molecule has 0 N–H and O–H groups in total. The van der Waals surface area contributed by atoms with E-state index in [0.717, 1.165) is 0 Å². The molecule has 8 rings (SSSR count). The molecule has 1 aromatic heterocycles. The van der Waals surface area contributed by atoms with E-state index in [0.29, 0.717) is 0 Å². The summed E-state index contributed by atoms with van der Waals surface area (Å²) in [7, 11) is 2.19. The predicted molar refractivity (Wildman–Crippen MR) is 147 cm³/mol. The molecule has 0 saturated carbocycles. The Bertz CT molecular complexity index is 2060. The minimum Gasteiger partial charge on any atom is -0.343 e. The van der Waals surface area contributed by atoms with Crippen molar-refractivity contribution in [1.29, 1.82) is 0 Å². The molecule has 1 nitrogen and oxygen atoms in total. The van der Waals surface area contributed by atoms with E-state index in [9.17, 15) is 0 Å². The first-order chi connectivity index (χ1) is 16.8. The van der Waals surface area contributed by atoms with Crippen LogP contribution >= 0.6 is 0 Å². The Morgan fingerprint density at radius 3 is 1.91 bits per heavy atom. The van der Waals surface area contributed by atoms with E-state index in [4.69, 9.17) is 0 Å². The maximum atomic E-state index is 2.42. The number of benzene rings is 7. The van der Waals surface area contributed by atoms with E-state index in [2.05, 4.69) is 121 Å². The van der Waals surface area contributed by atoms with Gasteiger partial charge in [-0.1, -0.05) is 97.1 Å². The van der Waals surface area contributed by atoms with Crippen molar-refractivity contribution < 1.29 is 0 Å². The van der Waals surface area contributed by atoms with Crippen molar-refractivity contribution in [3.8, 4) is 11.1 Å². The van der Waals surface area contributed by atoms with Gasteiger partial charge in [0.25, 0.3) is 0 Å². The van der Waals surface area contributed by atoms with Crippen molar-refractivity contribution in [3.63, 3.8) is 0 Å². The largest absolute Gasteiger partial charge is 0.343 e. The highest BCUT2D eigenvalue weighted by Crippen LogP contribution is 2.44. The maximum absolute atomic E-state index is 2.42. The topological polar surface area (TPSA) is 4.93 Å². The second kappa shape index (κ2) is 6.36. The Kier molecular flexibility index (Phi) is 3.39. The van der Waals surface area contributed by atoms with Crippen molar-refractivity contribution in [3.05, 3.63) is 109 Å². The number of rotatable bonds is 1. The monoisotopic (exact) mass is 431 g/mol. The molecule has 0 unspecified atom stereocenters. The van der Waals surface area contributed by atoms with Crippen LogP contribution in [0.4, 0.5) is 0 Å². The van der Waals surface area contributed by atoms with Crippen LogP contribution in [0.3, 0.4) is 0 Å². The van der Waals surface area contributed by atoms with E-state index >= 15 is 0 Å². The van der Waals surface area contributed by atoms with Crippen LogP contribution in [0.25, 0.3) is 76.0 Å². The molecule has 0 spiro atoms. The highest BCUT2D eigenvalue weighted by atomic mass is 14.9. The lowest BCUT2D eigenvalue weighted by Gasteiger charge is -2.16. The van der Waals surface area contributed by atoms with Crippen molar-refractivity contribution in [2.75, 3.05) is 0 Å². The van der Waals surface area contributed by atoms with Crippen molar-refractivity contribution >= 4 is 64.9 Å². The zero-order valence-electron chi connectivity index (χ0n) is 18.8. The standard InChI is InChI=1S/C33H21N/c1-34-30-12-5-4-10-25(30)29-19-28(23-9-2-3-11-27(23)33(29)34)24-17-15-22-14-13-20-7-6-8-21-16-18-26(24)32(22)31(20)21/h2-19H,1H3. The van der Waals surface area contributed by atoms with Gasteiger partial charge in [0.05, 0.1) is 5.52 Å². The van der Waals surface area contributed by atoms with Gasteiger partial charge in [-0.25, -0.2) is 0 Å². The van der Waals surface area contributed by atoms with Crippen LogP contribution in [-0.2, 0) is 7.05 Å². The summed E-state index contributed by atoms with van der Waals surface area (Å²) in [6, 6.07) is 40.4. The van der Waals surface area contributed by atoms with Crippen LogP contribution in [0.15, 0.2) is 109 Å². The summed E-state index contributed by atoms with van der Waals surface area (Å²) in [6.07, 6.45) is 0. The van der Waals surface area contributed by atoms with Crippen molar-refractivity contribution in [1.82, 2.24) is 4.57 Å². The Hall–Kier alpha value is -4.36. The lowest BCUT2D eigenvalue weighted by molar-refractivity contribution is 1.02. The molecule has 0 amide bonds. The van der Waals surface area contributed by atoms with Gasteiger partial charge in [0.15, 0.2) is 0 Å². The van der Waals surface area contributed by atoms with E-state index < -0.39 is 0 Å². The second-order valence-electron chi connectivity index (χ2n) is 9.41. The molecule has 1 heteroatoms. The molecule has 1 heterocycles. The summed E-state index contributed by atoms with van der Waals surface area (Å²) < 4.78 is 2.35. The molecule has 0 saturated heterocycles. The van der Waals surface area contributed by atoms with E-state index in [-0.39, 0.29) is 0 Å². The van der Waals surface area contributed by atoms with Gasteiger partial charge in [0.1, 0.15) is 0 Å². The molecular weight excluding hydrogens is 410 g/mol. The fourth-order valence-electron chi connectivity index (χ4n) is 6.23. The quantitative estimate of drug-likeness (QED) is 0.228. The highest BCUT2D eigenvalue weighted by molar-refractivity contribution is 6.28. The Morgan fingerprint density at radius 2 is 1.09 bits per heavy atom. The fraction of sp³-hybridized carbons (Fsp3) is 0.0303. The maximum Gasteiger partial charge on any atom is 0.0568 e. The summed E-state index contributed by atoms with van der Waals surface area (Å²) in [4.78, 5) is 0. The van der Waals surface area contributed by atoms with Gasteiger partial charge in [0, 0.05) is 28.7 Å². The van der Waals surface area contributed by atoms with Gasteiger partial charge >= 0.3 is 0 Å². The van der Waals surface area contributed by atoms with Gasteiger partial charge in [-0.05, 0) is 61.0 Å². The average Bonchev–Trinajstić information content (AvgIpc) is 3.19. The molecule has 0 aliphatic rings. The van der Waals surface area contributed by atoms with Crippen LogP contribution < -0.4 is 0 Å². The van der Waals surface area contributed by atoms with Gasteiger partial charge in [-0.2, -0.15) is 0 Å².